The molecule has 1 aliphatic rings. The highest BCUT2D eigenvalue weighted by Crippen LogP contribution is 2.40. The summed E-state index contributed by atoms with van der Waals surface area (Å²) >= 11 is 0. The Hall–Kier alpha value is -3.77. The van der Waals surface area contributed by atoms with Crippen molar-refractivity contribution in [2.45, 2.75) is 0 Å². The third kappa shape index (κ3) is 4.11. The van der Waals surface area contributed by atoms with Gasteiger partial charge in [-0.15, -0.1) is 0 Å². The Kier molecular flexibility index (Phi) is 5.91. The summed E-state index contributed by atoms with van der Waals surface area (Å²) < 4.78 is 5.46. The largest absolute Gasteiger partial charge is 0.495 e. The average molecular weight is 419 g/mol. The molecule has 2 heterocycles. The van der Waals surface area contributed by atoms with Crippen molar-refractivity contribution in [1.82, 2.24) is 10.2 Å². The fourth-order valence-electron chi connectivity index (χ4n) is 3.91. The molecule has 0 spiro atoms. The maximum Gasteiger partial charge on any atom is 0.240 e. The van der Waals surface area contributed by atoms with Crippen LogP contribution in [0.15, 0.2) is 53.5 Å². The van der Waals surface area contributed by atoms with Crippen molar-refractivity contribution in [2.75, 3.05) is 62.1 Å². The van der Waals surface area contributed by atoms with Crippen molar-refractivity contribution < 1.29 is 9.53 Å². The van der Waals surface area contributed by atoms with Gasteiger partial charge in [0.2, 0.25) is 6.08 Å². The van der Waals surface area contributed by atoms with Gasteiger partial charge in [0.15, 0.2) is 5.82 Å². The summed E-state index contributed by atoms with van der Waals surface area (Å²) in [6.45, 7) is 3.30. The minimum Gasteiger partial charge on any atom is -0.495 e. The van der Waals surface area contributed by atoms with Crippen LogP contribution in [-0.2, 0) is 4.79 Å². The van der Waals surface area contributed by atoms with Crippen LogP contribution in [0.1, 0.15) is 0 Å². The summed E-state index contributed by atoms with van der Waals surface area (Å²) in [6, 6.07) is 16.2. The first kappa shape index (κ1) is 20.5. The number of hydrogen-bond donors (Lipinski definition) is 1. The Bertz CT molecular complexity index is 1080. The van der Waals surface area contributed by atoms with Gasteiger partial charge in [-0.2, -0.15) is 10.1 Å². The Morgan fingerprint density at radius 2 is 1.77 bits per heavy atom. The molecule has 2 aromatic carbocycles. The molecule has 0 saturated carbocycles. The maximum absolute atomic E-state index is 11.2. The maximum atomic E-state index is 11.2. The van der Waals surface area contributed by atoms with E-state index in [4.69, 9.17) is 4.74 Å². The number of piperazine rings is 1. The molecule has 0 atom stereocenters. The van der Waals surface area contributed by atoms with Crippen LogP contribution in [0.3, 0.4) is 0 Å². The third-order valence-corrected chi connectivity index (χ3v) is 5.53. The molecular weight excluding hydrogens is 392 g/mol. The van der Waals surface area contributed by atoms with E-state index in [-0.39, 0.29) is 0 Å². The lowest BCUT2D eigenvalue weighted by molar-refractivity contribution is 0.415. The molecule has 160 valence electrons. The van der Waals surface area contributed by atoms with Crippen molar-refractivity contribution in [3.8, 4) is 17.0 Å². The van der Waals surface area contributed by atoms with E-state index in [0.717, 1.165) is 43.2 Å². The highest BCUT2D eigenvalue weighted by atomic mass is 16.5. The van der Waals surface area contributed by atoms with Gasteiger partial charge in [-0.3, -0.25) is 5.10 Å². The van der Waals surface area contributed by atoms with Crippen molar-refractivity contribution in [2.24, 2.45) is 4.99 Å². The first-order valence-electron chi connectivity index (χ1n) is 10.2. The Morgan fingerprint density at radius 1 is 1.06 bits per heavy atom. The van der Waals surface area contributed by atoms with Crippen LogP contribution in [0.5, 0.6) is 5.75 Å². The number of aromatic nitrogens is 2. The summed E-state index contributed by atoms with van der Waals surface area (Å²) in [5.41, 5.74) is 4.21. The highest BCUT2D eigenvalue weighted by molar-refractivity contribution is 5.84. The van der Waals surface area contributed by atoms with Gasteiger partial charge < -0.3 is 19.4 Å². The lowest BCUT2D eigenvalue weighted by atomic mass is 10.1. The number of para-hydroxylation sites is 1. The standard InChI is InChI=1S/C23H26N6O2/c1-27(2)19-15-17(9-10-20(19)31-3)21-22(24-16-30)23(26-25-21)29-13-11-28(12-14-29)18-7-5-4-6-8-18/h4-10,15H,11-14H2,1-3H3,(H,25,26). The zero-order valence-electron chi connectivity index (χ0n) is 18.0. The Labute approximate surface area is 181 Å². The zero-order chi connectivity index (χ0) is 21.8. The molecule has 0 bridgehead atoms. The fraction of sp³-hybridized carbons (Fsp3) is 0.304. The van der Waals surface area contributed by atoms with Crippen LogP contribution in [0.4, 0.5) is 22.9 Å². The normalized spacial score (nSPS) is 13.6. The van der Waals surface area contributed by atoms with E-state index >= 15 is 0 Å². The first-order valence-corrected chi connectivity index (χ1v) is 10.2. The predicted octanol–water partition coefficient (Wildman–Crippen LogP) is 3.45. The van der Waals surface area contributed by atoms with E-state index in [2.05, 4.69) is 49.3 Å². The smallest absolute Gasteiger partial charge is 0.240 e. The van der Waals surface area contributed by atoms with E-state index in [1.165, 1.54) is 5.69 Å². The molecule has 0 amide bonds. The lowest BCUT2D eigenvalue weighted by Gasteiger charge is -2.36. The molecular formula is C23H26N6O2. The molecule has 1 aromatic heterocycles. The number of carbonyl (C=O) groups excluding carboxylic acids is 1. The van der Waals surface area contributed by atoms with Gasteiger partial charge in [-0.05, 0) is 30.3 Å². The minimum absolute atomic E-state index is 0.512. The number of aliphatic imine (C=N–C) groups is 1. The summed E-state index contributed by atoms with van der Waals surface area (Å²) in [4.78, 5) is 21.7. The quantitative estimate of drug-likeness (QED) is 0.488. The van der Waals surface area contributed by atoms with E-state index in [9.17, 15) is 4.79 Å². The number of benzene rings is 2. The average Bonchev–Trinajstić information content (AvgIpc) is 3.23. The molecule has 1 fully saturated rings. The number of ether oxygens (including phenoxy) is 1. The van der Waals surface area contributed by atoms with Gasteiger partial charge in [0.25, 0.3) is 0 Å². The fourth-order valence-corrected chi connectivity index (χ4v) is 3.91. The van der Waals surface area contributed by atoms with Crippen molar-refractivity contribution in [1.29, 1.82) is 0 Å². The van der Waals surface area contributed by atoms with Gasteiger partial charge in [0, 0.05) is 51.5 Å². The SMILES string of the molecule is COc1ccc(-c2[nH]nc(N3CCN(c4ccccc4)CC3)c2N=C=O)cc1N(C)C. The topological polar surface area (TPSA) is 77.1 Å². The number of methoxy groups -OCH3 is 1. The monoisotopic (exact) mass is 418 g/mol. The van der Waals surface area contributed by atoms with Crippen molar-refractivity contribution in [3.05, 3.63) is 48.5 Å². The van der Waals surface area contributed by atoms with Crippen molar-refractivity contribution in [3.63, 3.8) is 0 Å². The van der Waals surface area contributed by atoms with Gasteiger partial charge in [0.05, 0.1) is 18.5 Å². The summed E-state index contributed by atoms with van der Waals surface area (Å²) in [5, 5.41) is 7.60. The molecule has 8 heteroatoms. The molecule has 1 aliphatic heterocycles. The number of rotatable bonds is 6. The van der Waals surface area contributed by atoms with E-state index in [0.29, 0.717) is 17.2 Å². The van der Waals surface area contributed by atoms with E-state index < -0.39 is 0 Å². The second kappa shape index (κ2) is 8.93. The van der Waals surface area contributed by atoms with Crippen molar-refractivity contribution >= 4 is 29.0 Å². The summed E-state index contributed by atoms with van der Waals surface area (Å²) in [5.74, 6) is 1.44. The molecule has 4 rings (SSSR count). The van der Waals surface area contributed by atoms with E-state index in [1.54, 1.807) is 13.2 Å². The number of anilines is 3. The summed E-state index contributed by atoms with van der Waals surface area (Å²) in [7, 11) is 5.56. The number of aromatic amines is 1. The predicted molar refractivity (Wildman–Crippen MR) is 124 cm³/mol. The Balaban J connectivity index is 1.62. The van der Waals surface area contributed by atoms with Gasteiger partial charge in [-0.25, -0.2) is 4.79 Å². The number of hydrogen-bond acceptors (Lipinski definition) is 7. The van der Waals surface area contributed by atoms with Gasteiger partial charge in [0.1, 0.15) is 11.4 Å². The third-order valence-electron chi connectivity index (χ3n) is 5.53. The number of nitrogens with zero attached hydrogens (tertiary/aromatic N) is 5. The molecule has 3 aromatic rings. The van der Waals surface area contributed by atoms with Crippen LogP contribution < -0.4 is 19.4 Å². The number of nitrogens with one attached hydrogen (secondary N) is 1. The molecule has 1 saturated heterocycles. The molecule has 1 N–H and O–H groups in total. The van der Waals surface area contributed by atoms with E-state index in [1.807, 2.05) is 43.3 Å². The molecule has 0 radical (unpaired) electrons. The molecule has 0 unspecified atom stereocenters. The Morgan fingerprint density at radius 3 is 2.42 bits per heavy atom. The number of isocyanates is 1. The van der Waals surface area contributed by atoms with Gasteiger partial charge >= 0.3 is 0 Å². The minimum atomic E-state index is 0.512. The lowest BCUT2D eigenvalue weighted by Crippen LogP contribution is -2.46. The second-order valence-electron chi connectivity index (χ2n) is 7.56. The summed E-state index contributed by atoms with van der Waals surface area (Å²) in [6.07, 6.45) is 1.70. The molecule has 0 aliphatic carbocycles. The molecule has 8 nitrogen and oxygen atoms in total. The molecule has 31 heavy (non-hydrogen) atoms. The number of H-pyrrole nitrogens is 1. The second-order valence-corrected chi connectivity index (χ2v) is 7.56. The first-order chi connectivity index (χ1) is 15.1. The zero-order valence-corrected chi connectivity index (χ0v) is 18.0. The van der Waals surface area contributed by atoms with Crippen LogP contribution in [0.25, 0.3) is 11.3 Å². The van der Waals surface area contributed by atoms with Gasteiger partial charge in [-0.1, -0.05) is 18.2 Å². The highest BCUT2D eigenvalue weighted by Gasteiger charge is 2.24. The van der Waals surface area contributed by atoms with Crippen LogP contribution in [0.2, 0.25) is 0 Å². The van der Waals surface area contributed by atoms with Crippen LogP contribution in [-0.4, -0.2) is 63.7 Å². The van der Waals surface area contributed by atoms with Crippen LogP contribution >= 0.6 is 0 Å². The van der Waals surface area contributed by atoms with Crippen LogP contribution in [0, 0.1) is 0 Å².